The van der Waals surface area contributed by atoms with Crippen LogP contribution in [0.25, 0.3) is 0 Å². The van der Waals surface area contributed by atoms with Crippen molar-refractivity contribution in [1.29, 1.82) is 0 Å². The Kier molecular flexibility index (Phi) is 5.41. The molecule has 0 bridgehead atoms. The lowest BCUT2D eigenvalue weighted by atomic mass is 10.0. The van der Waals surface area contributed by atoms with E-state index in [2.05, 4.69) is 10.3 Å². The maximum atomic E-state index is 12.9. The smallest absolute Gasteiger partial charge is 0.263 e. The zero-order chi connectivity index (χ0) is 15.2. The zero-order valence-electron chi connectivity index (χ0n) is 11.9. The number of hydrogen-bond donors (Lipinski definition) is 1. The lowest BCUT2D eigenvalue weighted by Gasteiger charge is -2.13. The van der Waals surface area contributed by atoms with Gasteiger partial charge in [0.2, 0.25) is 0 Å². The Labute approximate surface area is 127 Å². The van der Waals surface area contributed by atoms with Crippen molar-refractivity contribution in [2.45, 2.75) is 19.4 Å². The molecule has 1 N–H and O–H groups in total. The molecule has 4 nitrogen and oxygen atoms in total. The first-order chi connectivity index (χ1) is 10.1. The zero-order valence-corrected chi connectivity index (χ0v) is 12.7. The molecule has 1 aromatic heterocycles. The van der Waals surface area contributed by atoms with Gasteiger partial charge in [-0.2, -0.15) is 0 Å². The van der Waals surface area contributed by atoms with E-state index in [1.807, 2.05) is 6.92 Å². The predicted octanol–water partition coefficient (Wildman–Crippen LogP) is 2.96. The van der Waals surface area contributed by atoms with Gasteiger partial charge in [0, 0.05) is 13.7 Å². The third kappa shape index (κ3) is 4.09. The molecule has 2 rings (SSSR count). The third-order valence-electron chi connectivity index (χ3n) is 3.14. The second kappa shape index (κ2) is 7.28. The van der Waals surface area contributed by atoms with Crippen LogP contribution in [0.1, 0.15) is 33.8 Å². The van der Waals surface area contributed by atoms with Gasteiger partial charge in [-0.25, -0.2) is 9.37 Å². The van der Waals surface area contributed by atoms with Gasteiger partial charge in [-0.3, -0.25) is 4.79 Å². The summed E-state index contributed by atoms with van der Waals surface area (Å²) in [7, 11) is 1.57. The van der Waals surface area contributed by atoms with Crippen molar-refractivity contribution in [1.82, 2.24) is 10.3 Å². The number of benzene rings is 1. The summed E-state index contributed by atoms with van der Waals surface area (Å²) in [5, 5.41) is 2.88. The molecular weight excluding hydrogens is 291 g/mol. The van der Waals surface area contributed by atoms with Crippen LogP contribution >= 0.6 is 11.3 Å². The van der Waals surface area contributed by atoms with Gasteiger partial charge in [-0.1, -0.05) is 19.1 Å². The van der Waals surface area contributed by atoms with Gasteiger partial charge in [0.25, 0.3) is 5.91 Å². The molecule has 0 aliphatic heterocycles. The molecular formula is C15H17FN2O2S. The standard InChI is InChI=1S/C15H17FN2O2S/c1-10(11-3-5-12(16)6-4-11)7-17-15(19)14-13(8-20-2)18-9-21-14/h3-6,9-10H,7-8H2,1-2H3,(H,17,19)/t10-/m0/s1. The summed E-state index contributed by atoms with van der Waals surface area (Å²) in [6.07, 6.45) is 0. The van der Waals surface area contributed by atoms with Gasteiger partial charge in [0.15, 0.2) is 0 Å². The molecule has 21 heavy (non-hydrogen) atoms. The Morgan fingerprint density at radius 2 is 2.14 bits per heavy atom. The van der Waals surface area contributed by atoms with Gasteiger partial charge in [0.1, 0.15) is 10.7 Å². The summed E-state index contributed by atoms with van der Waals surface area (Å²) in [6.45, 7) is 2.78. The van der Waals surface area contributed by atoms with Gasteiger partial charge in [-0.15, -0.1) is 11.3 Å². The number of thiazole rings is 1. The van der Waals surface area contributed by atoms with Crippen molar-refractivity contribution >= 4 is 17.2 Å². The Bertz CT molecular complexity index is 598. The minimum absolute atomic E-state index is 0.105. The maximum Gasteiger partial charge on any atom is 0.263 e. The summed E-state index contributed by atoms with van der Waals surface area (Å²) >= 11 is 1.29. The Hall–Kier alpha value is -1.79. The molecule has 1 aromatic carbocycles. The fourth-order valence-electron chi connectivity index (χ4n) is 1.93. The maximum absolute atomic E-state index is 12.9. The minimum Gasteiger partial charge on any atom is -0.378 e. The number of amides is 1. The first kappa shape index (κ1) is 15.6. The summed E-state index contributed by atoms with van der Waals surface area (Å²) in [6, 6.07) is 6.31. The molecule has 2 aromatic rings. The average molecular weight is 308 g/mol. The highest BCUT2D eigenvalue weighted by Gasteiger charge is 2.15. The highest BCUT2D eigenvalue weighted by molar-refractivity contribution is 7.11. The summed E-state index contributed by atoms with van der Waals surface area (Å²) in [5.41, 5.74) is 3.26. The van der Waals surface area contributed by atoms with Crippen LogP contribution in [0.2, 0.25) is 0 Å². The summed E-state index contributed by atoms with van der Waals surface area (Å²) in [4.78, 5) is 16.8. The van der Waals surface area contributed by atoms with Crippen LogP contribution in [-0.4, -0.2) is 24.5 Å². The minimum atomic E-state index is -0.260. The van der Waals surface area contributed by atoms with Crippen molar-refractivity contribution in [2.24, 2.45) is 0 Å². The molecule has 1 atom stereocenters. The molecule has 1 heterocycles. The molecule has 0 spiro atoms. The fourth-order valence-corrected chi connectivity index (χ4v) is 2.64. The largest absolute Gasteiger partial charge is 0.378 e. The molecule has 0 saturated carbocycles. The van der Waals surface area contributed by atoms with E-state index < -0.39 is 0 Å². The number of carbonyl (C=O) groups excluding carboxylic acids is 1. The van der Waals surface area contributed by atoms with E-state index in [0.717, 1.165) is 5.56 Å². The highest BCUT2D eigenvalue weighted by Crippen LogP contribution is 2.17. The molecule has 0 aliphatic carbocycles. The lowest BCUT2D eigenvalue weighted by Crippen LogP contribution is -2.27. The van der Waals surface area contributed by atoms with Crippen molar-refractivity contribution < 1.29 is 13.9 Å². The van der Waals surface area contributed by atoms with Crippen LogP contribution in [0, 0.1) is 5.82 Å². The molecule has 0 saturated heterocycles. The van der Waals surface area contributed by atoms with Crippen molar-refractivity contribution in [3.63, 3.8) is 0 Å². The van der Waals surface area contributed by atoms with Crippen LogP contribution in [0.4, 0.5) is 4.39 Å². The van der Waals surface area contributed by atoms with E-state index in [1.165, 1.54) is 23.5 Å². The molecule has 0 radical (unpaired) electrons. The number of halogens is 1. The normalized spacial score (nSPS) is 12.1. The number of nitrogens with zero attached hydrogens (tertiary/aromatic N) is 1. The molecule has 112 valence electrons. The van der Waals surface area contributed by atoms with Gasteiger partial charge >= 0.3 is 0 Å². The van der Waals surface area contributed by atoms with E-state index in [1.54, 1.807) is 24.8 Å². The van der Waals surface area contributed by atoms with E-state index >= 15 is 0 Å². The number of nitrogens with one attached hydrogen (secondary N) is 1. The van der Waals surface area contributed by atoms with Gasteiger partial charge < -0.3 is 10.1 Å². The van der Waals surface area contributed by atoms with Crippen LogP contribution in [-0.2, 0) is 11.3 Å². The fraction of sp³-hybridized carbons (Fsp3) is 0.333. The van der Waals surface area contributed by atoms with E-state index in [9.17, 15) is 9.18 Å². The monoisotopic (exact) mass is 308 g/mol. The number of aromatic nitrogens is 1. The van der Waals surface area contributed by atoms with Gasteiger partial charge in [0.05, 0.1) is 17.8 Å². The topological polar surface area (TPSA) is 51.2 Å². The molecule has 6 heteroatoms. The Morgan fingerprint density at radius 3 is 2.81 bits per heavy atom. The van der Waals surface area contributed by atoms with E-state index in [4.69, 9.17) is 4.74 Å². The van der Waals surface area contributed by atoms with Crippen molar-refractivity contribution in [3.05, 3.63) is 51.7 Å². The van der Waals surface area contributed by atoms with Crippen LogP contribution in [0.15, 0.2) is 29.8 Å². The number of ether oxygens (including phenoxy) is 1. The molecule has 0 unspecified atom stereocenters. The van der Waals surface area contributed by atoms with E-state index in [-0.39, 0.29) is 17.6 Å². The number of carbonyl (C=O) groups is 1. The molecule has 0 fully saturated rings. The molecule has 1 amide bonds. The second-order valence-corrected chi connectivity index (χ2v) is 5.58. The third-order valence-corrected chi connectivity index (χ3v) is 4.00. The predicted molar refractivity (Wildman–Crippen MR) is 80.0 cm³/mol. The number of rotatable bonds is 6. The average Bonchev–Trinajstić information content (AvgIpc) is 2.94. The summed E-state index contributed by atoms with van der Waals surface area (Å²) in [5.74, 6) is -0.310. The first-order valence-corrected chi connectivity index (χ1v) is 7.44. The number of hydrogen-bond acceptors (Lipinski definition) is 4. The summed E-state index contributed by atoms with van der Waals surface area (Å²) < 4.78 is 17.9. The second-order valence-electron chi connectivity index (χ2n) is 4.72. The molecule has 0 aliphatic rings. The van der Waals surface area contributed by atoms with Crippen molar-refractivity contribution in [2.75, 3.05) is 13.7 Å². The highest BCUT2D eigenvalue weighted by atomic mass is 32.1. The Morgan fingerprint density at radius 1 is 1.43 bits per heavy atom. The quantitative estimate of drug-likeness (QED) is 0.892. The van der Waals surface area contributed by atoms with Gasteiger partial charge in [-0.05, 0) is 23.6 Å². The SMILES string of the molecule is COCc1ncsc1C(=O)NC[C@H](C)c1ccc(F)cc1. The van der Waals surface area contributed by atoms with E-state index in [0.29, 0.717) is 23.7 Å². The lowest BCUT2D eigenvalue weighted by molar-refractivity contribution is 0.0950. The van der Waals surface area contributed by atoms with Crippen LogP contribution in [0.3, 0.4) is 0 Å². The number of methoxy groups -OCH3 is 1. The Balaban J connectivity index is 1.94. The first-order valence-electron chi connectivity index (χ1n) is 6.56. The van der Waals surface area contributed by atoms with Crippen molar-refractivity contribution in [3.8, 4) is 0 Å². The van der Waals surface area contributed by atoms with Crippen LogP contribution < -0.4 is 5.32 Å². The van der Waals surface area contributed by atoms with Crippen LogP contribution in [0.5, 0.6) is 0 Å².